The number of nitrogens with one attached hydrogen (secondary N) is 2. The van der Waals surface area contributed by atoms with Gasteiger partial charge >= 0.3 is 0 Å². The highest BCUT2D eigenvalue weighted by Gasteiger charge is 2.10. The van der Waals surface area contributed by atoms with Gasteiger partial charge in [-0.2, -0.15) is 0 Å². The molecule has 0 radical (unpaired) electrons. The minimum absolute atomic E-state index is 0.0899. The number of aryl methyl sites for hydroxylation is 3. The van der Waals surface area contributed by atoms with Gasteiger partial charge in [0, 0.05) is 5.69 Å². The molecular weight excluding hydrogens is 348 g/mol. The summed E-state index contributed by atoms with van der Waals surface area (Å²) in [6.07, 6.45) is 0. The standard InChI is InChI=1S/C24H26N2O2/c1-17-13-18(2)24(19(3)14-17)26-23(27)15-25-21-11-7-8-12-22(21)28-16-20-9-5-4-6-10-20/h4-14,25H,15-16H2,1-3H3,(H,26,27). The minimum Gasteiger partial charge on any atom is -0.487 e. The van der Waals surface area contributed by atoms with Crippen LogP contribution < -0.4 is 15.4 Å². The monoisotopic (exact) mass is 374 g/mol. The second kappa shape index (κ2) is 9.09. The maximum Gasteiger partial charge on any atom is 0.243 e. The highest BCUT2D eigenvalue weighted by atomic mass is 16.5. The molecule has 0 aliphatic heterocycles. The number of carbonyl (C=O) groups excluding carboxylic acids is 1. The van der Waals surface area contributed by atoms with E-state index in [0.29, 0.717) is 6.61 Å². The Morgan fingerprint density at radius 2 is 1.54 bits per heavy atom. The molecule has 0 fully saturated rings. The molecule has 0 saturated heterocycles. The Morgan fingerprint density at radius 1 is 0.893 bits per heavy atom. The second-order valence-corrected chi connectivity index (χ2v) is 6.95. The molecule has 0 unspecified atom stereocenters. The fraction of sp³-hybridized carbons (Fsp3) is 0.208. The van der Waals surface area contributed by atoms with Gasteiger partial charge in [-0.3, -0.25) is 4.79 Å². The number of benzene rings is 3. The third-order valence-corrected chi connectivity index (χ3v) is 4.51. The minimum atomic E-state index is -0.0899. The Kier molecular flexibility index (Phi) is 6.33. The van der Waals surface area contributed by atoms with Crippen LogP contribution in [0.1, 0.15) is 22.3 Å². The average molecular weight is 374 g/mol. The second-order valence-electron chi connectivity index (χ2n) is 6.95. The Labute approximate surface area is 166 Å². The summed E-state index contributed by atoms with van der Waals surface area (Å²) in [7, 11) is 0. The van der Waals surface area contributed by atoms with E-state index >= 15 is 0 Å². The molecule has 0 atom stereocenters. The van der Waals surface area contributed by atoms with Crippen molar-refractivity contribution in [3.8, 4) is 5.75 Å². The summed E-state index contributed by atoms with van der Waals surface area (Å²) in [5.74, 6) is 0.634. The molecule has 4 nitrogen and oxygen atoms in total. The van der Waals surface area contributed by atoms with Crippen molar-refractivity contribution in [2.75, 3.05) is 17.2 Å². The van der Waals surface area contributed by atoms with Gasteiger partial charge in [0.05, 0.1) is 12.2 Å². The van der Waals surface area contributed by atoms with Crippen molar-refractivity contribution in [1.29, 1.82) is 0 Å². The molecule has 0 bridgehead atoms. The number of ether oxygens (including phenoxy) is 1. The van der Waals surface area contributed by atoms with Crippen LogP contribution in [0.2, 0.25) is 0 Å². The van der Waals surface area contributed by atoms with E-state index in [1.165, 1.54) is 5.56 Å². The van der Waals surface area contributed by atoms with Crippen molar-refractivity contribution in [3.05, 3.63) is 89.0 Å². The number of para-hydroxylation sites is 2. The largest absolute Gasteiger partial charge is 0.487 e. The van der Waals surface area contributed by atoms with Crippen LogP contribution in [-0.4, -0.2) is 12.5 Å². The van der Waals surface area contributed by atoms with Crippen molar-refractivity contribution in [2.45, 2.75) is 27.4 Å². The molecule has 144 valence electrons. The summed E-state index contributed by atoms with van der Waals surface area (Å²) < 4.78 is 5.93. The van der Waals surface area contributed by atoms with Crippen LogP contribution in [0.5, 0.6) is 5.75 Å². The average Bonchev–Trinajstić information content (AvgIpc) is 2.69. The summed E-state index contributed by atoms with van der Waals surface area (Å²) in [5, 5.41) is 6.19. The van der Waals surface area contributed by atoms with Gasteiger partial charge in [0.2, 0.25) is 5.91 Å². The first-order chi connectivity index (χ1) is 13.5. The maximum atomic E-state index is 12.5. The molecule has 0 aliphatic rings. The van der Waals surface area contributed by atoms with Gasteiger partial charge in [0.15, 0.2) is 0 Å². The molecule has 0 heterocycles. The number of amides is 1. The normalized spacial score (nSPS) is 10.4. The van der Waals surface area contributed by atoms with Crippen molar-refractivity contribution < 1.29 is 9.53 Å². The highest BCUT2D eigenvalue weighted by molar-refractivity contribution is 5.95. The molecule has 2 N–H and O–H groups in total. The van der Waals surface area contributed by atoms with Crippen molar-refractivity contribution in [3.63, 3.8) is 0 Å². The molecule has 4 heteroatoms. The predicted molar refractivity (Wildman–Crippen MR) is 115 cm³/mol. The Morgan fingerprint density at radius 3 is 2.25 bits per heavy atom. The lowest BCUT2D eigenvalue weighted by Crippen LogP contribution is -2.23. The zero-order valence-corrected chi connectivity index (χ0v) is 16.6. The third-order valence-electron chi connectivity index (χ3n) is 4.51. The number of carbonyl (C=O) groups is 1. The number of rotatable bonds is 7. The number of hydrogen-bond donors (Lipinski definition) is 2. The first-order valence-electron chi connectivity index (χ1n) is 9.40. The maximum absolute atomic E-state index is 12.5. The zero-order valence-electron chi connectivity index (χ0n) is 16.6. The van der Waals surface area contributed by atoms with E-state index in [-0.39, 0.29) is 12.5 Å². The topological polar surface area (TPSA) is 50.4 Å². The van der Waals surface area contributed by atoms with Crippen LogP contribution in [0.15, 0.2) is 66.7 Å². The number of anilines is 2. The summed E-state index contributed by atoms with van der Waals surface area (Å²) in [4.78, 5) is 12.5. The van der Waals surface area contributed by atoms with Crippen LogP contribution in [-0.2, 0) is 11.4 Å². The van der Waals surface area contributed by atoms with E-state index in [9.17, 15) is 4.79 Å². The van der Waals surface area contributed by atoms with Crippen molar-refractivity contribution in [2.24, 2.45) is 0 Å². The van der Waals surface area contributed by atoms with E-state index in [1.54, 1.807) is 0 Å². The molecule has 3 rings (SSSR count). The van der Waals surface area contributed by atoms with Gasteiger partial charge in [0.1, 0.15) is 12.4 Å². The fourth-order valence-corrected chi connectivity index (χ4v) is 3.21. The molecule has 0 spiro atoms. The van der Waals surface area contributed by atoms with Gasteiger partial charge < -0.3 is 15.4 Å². The first kappa shape index (κ1) is 19.5. The van der Waals surface area contributed by atoms with Crippen LogP contribution in [0.25, 0.3) is 0 Å². The molecule has 0 aromatic heterocycles. The molecule has 0 saturated carbocycles. The summed E-state index contributed by atoms with van der Waals surface area (Å²) >= 11 is 0. The van der Waals surface area contributed by atoms with Gasteiger partial charge in [0.25, 0.3) is 0 Å². The summed E-state index contributed by atoms with van der Waals surface area (Å²) in [6.45, 7) is 6.72. The molecule has 0 aliphatic carbocycles. The quantitative estimate of drug-likeness (QED) is 0.594. The smallest absolute Gasteiger partial charge is 0.243 e. The molecular formula is C24H26N2O2. The number of hydrogen-bond acceptors (Lipinski definition) is 3. The predicted octanol–water partition coefficient (Wildman–Crippen LogP) is 5.24. The molecule has 3 aromatic rings. The molecule has 1 amide bonds. The SMILES string of the molecule is Cc1cc(C)c(NC(=O)CNc2ccccc2OCc2ccccc2)c(C)c1. The zero-order chi connectivity index (χ0) is 19.9. The third kappa shape index (κ3) is 5.13. The van der Waals surface area contributed by atoms with Crippen LogP contribution in [0, 0.1) is 20.8 Å². The van der Waals surface area contributed by atoms with Gasteiger partial charge in [-0.25, -0.2) is 0 Å². The van der Waals surface area contributed by atoms with E-state index in [2.05, 4.69) is 29.7 Å². The lowest BCUT2D eigenvalue weighted by atomic mass is 10.1. The molecule has 28 heavy (non-hydrogen) atoms. The van der Waals surface area contributed by atoms with Crippen molar-refractivity contribution >= 4 is 17.3 Å². The molecule has 3 aromatic carbocycles. The lowest BCUT2D eigenvalue weighted by molar-refractivity contribution is -0.114. The van der Waals surface area contributed by atoms with E-state index in [4.69, 9.17) is 4.74 Å². The van der Waals surface area contributed by atoms with Gasteiger partial charge in [-0.1, -0.05) is 60.2 Å². The van der Waals surface area contributed by atoms with E-state index in [1.807, 2.05) is 68.4 Å². The first-order valence-corrected chi connectivity index (χ1v) is 9.40. The Balaban J connectivity index is 1.61. The highest BCUT2D eigenvalue weighted by Crippen LogP contribution is 2.25. The van der Waals surface area contributed by atoms with Crippen LogP contribution >= 0.6 is 0 Å². The van der Waals surface area contributed by atoms with Gasteiger partial charge in [-0.05, 0) is 49.6 Å². The summed E-state index contributed by atoms with van der Waals surface area (Å²) in [6, 6.07) is 21.8. The van der Waals surface area contributed by atoms with Gasteiger partial charge in [-0.15, -0.1) is 0 Å². The lowest BCUT2D eigenvalue weighted by Gasteiger charge is -2.15. The Hall–Kier alpha value is -3.27. The van der Waals surface area contributed by atoms with Crippen molar-refractivity contribution in [1.82, 2.24) is 0 Å². The van der Waals surface area contributed by atoms with E-state index < -0.39 is 0 Å². The fourth-order valence-electron chi connectivity index (χ4n) is 3.21. The van der Waals surface area contributed by atoms with E-state index in [0.717, 1.165) is 33.8 Å². The van der Waals surface area contributed by atoms with Crippen LogP contribution in [0.4, 0.5) is 11.4 Å². The van der Waals surface area contributed by atoms with Crippen LogP contribution in [0.3, 0.4) is 0 Å². The summed E-state index contributed by atoms with van der Waals surface area (Å²) in [5.41, 5.74) is 6.10. The Bertz CT molecular complexity index is 929.